The first-order chi connectivity index (χ1) is 11.2. The largest absolute Gasteiger partial charge is 0.289 e. The summed E-state index contributed by atoms with van der Waals surface area (Å²) in [4.78, 5) is 12.2. The summed E-state index contributed by atoms with van der Waals surface area (Å²) in [5.74, 6) is 0.0187. The van der Waals surface area contributed by atoms with E-state index in [1.807, 2.05) is 79.7 Å². The first-order valence-electron chi connectivity index (χ1n) is 7.67. The Hall–Kier alpha value is -2.93. The average Bonchev–Trinajstić information content (AvgIpc) is 2.62. The normalized spacial score (nSPS) is 10.8. The maximum atomic E-state index is 12.2. The molecule has 23 heavy (non-hydrogen) atoms. The van der Waals surface area contributed by atoms with Crippen LogP contribution in [0.3, 0.4) is 0 Å². The Bertz CT molecular complexity index is 810. The topological polar surface area (TPSA) is 17.1 Å². The van der Waals surface area contributed by atoms with Gasteiger partial charge in [-0.1, -0.05) is 90.5 Å². The Morgan fingerprint density at radius 1 is 0.739 bits per heavy atom. The number of rotatable bonds is 4. The number of hydrogen-bond acceptors (Lipinski definition) is 1. The third-order valence-corrected chi connectivity index (χ3v) is 3.78. The van der Waals surface area contributed by atoms with Crippen molar-refractivity contribution < 1.29 is 4.79 Å². The fourth-order valence-electron chi connectivity index (χ4n) is 2.40. The van der Waals surface area contributed by atoms with Gasteiger partial charge in [0.2, 0.25) is 0 Å². The minimum atomic E-state index is 0.0187. The molecule has 0 aliphatic heterocycles. The van der Waals surface area contributed by atoms with Crippen LogP contribution in [0.25, 0.3) is 17.2 Å². The van der Waals surface area contributed by atoms with Crippen LogP contribution in [-0.2, 0) is 0 Å². The summed E-state index contributed by atoms with van der Waals surface area (Å²) < 4.78 is 0. The van der Waals surface area contributed by atoms with Crippen LogP contribution in [0.15, 0.2) is 84.9 Å². The van der Waals surface area contributed by atoms with E-state index in [-0.39, 0.29) is 5.78 Å². The van der Waals surface area contributed by atoms with Gasteiger partial charge in [-0.15, -0.1) is 0 Å². The van der Waals surface area contributed by atoms with Crippen molar-refractivity contribution in [2.24, 2.45) is 0 Å². The monoisotopic (exact) mass is 298 g/mol. The molecule has 1 heteroatoms. The van der Waals surface area contributed by atoms with Gasteiger partial charge in [-0.25, -0.2) is 0 Å². The maximum Gasteiger partial charge on any atom is 0.185 e. The molecule has 0 unspecified atom stereocenters. The van der Waals surface area contributed by atoms with Crippen molar-refractivity contribution in [3.63, 3.8) is 0 Å². The lowest BCUT2D eigenvalue weighted by molar-refractivity contribution is 0.104. The number of ketones is 1. The van der Waals surface area contributed by atoms with Crippen molar-refractivity contribution in [1.82, 2.24) is 0 Å². The van der Waals surface area contributed by atoms with E-state index in [0.717, 1.165) is 16.7 Å². The highest BCUT2D eigenvalue weighted by Gasteiger charge is 2.02. The van der Waals surface area contributed by atoms with E-state index in [9.17, 15) is 4.79 Å². The fraction of sp³-hybridized carbons (Fsp3) is 0.0455. The van der Waals surface area contributed by atoms with Gasteiger partial charge in [-0.2, -0.15) is 0 Å². The predicted octanol–water partition coefficient (Wildman–Crippen LogP) is 5.56. The van der Waals surface area contributed by atoms with E-state index in [4.69, 9.17) is 0 Å². The third kappa shape index (κ3) is 3.83. The van der Waals surface area contributed by atoms with Gasteiger partial charge in [0.15, 0.2) is 5.78 Å². The second-order valence-electron chi connectivity index (χ2n) is 5.55. The molecular weight excluding hydrogens is 280 g/mol. The lowest BCUT2D eigenvalue weighted by atomic mass is 10.0. The van der Waals surface area contributed by atoms with Gasteiger partial charge in [0.05, 0.1) is 0 Å². The highest BCUT2D eigenvalue weighted by molar-refractivity contribution is 6.07. The van der Waals surface area contributed by atoms with Crippen LogP contribution < -0.4 is 0 Å². The van der Waals surface area contributed by atoms with Crippen LogP contribution >= 0.6 is 0 Å². The van der Waals surface area contributed by atoms with Crippen LogP contribution in [0.1, 0.15) is 21.5 Å². The summed E-state index contributed by atoms with van der Waals surface area (Å²) in [6.07, 6.45) is 3.48. The number of benzene rings is 3. The second kappa shape index (κ2) is 6.89. The molecule has 0 aliphatic rings. The van der Waals surface area contributed by atoms with Gasteiger partial charge < -0.3 is 0 Å². The molecule has 0 aromatic heterocycles. The summed E-state index contributed by atoms with van der Waals surface area (Å²) in [6.45, 7) is 2.05. The van der Waals surface area contributed by atoms with Crippen molar-refractivity contribution in [2.75, 3.05) is 0 Å². The van der Waals surface area contributed by atoms with E-state index in [0.29, 0.717) is 5.56 Å². The molecule has 3 rings (SSSR count). The first-order valence-corrected chi connectivity index (χ1v) is 7.67. The zero-order valence-electron chi connectivity index (χ0n) is 13.1. The molecule has 3 aromatic rings. The van der Waals surface area contributed by atoms with E-state index >= 15 is 0 Å². The fourth-order valence-corrected chi connectivity index (χ4v) is 2.40. The first kappa shape index (κ1) is 15.0. The van der Waals surface area contributed by atoms with E-state index < -0.39 is 0 Å². The van der Waals surface area contributed by atoms with Crippen molar-refractivity contribution in [3.8, 4) is 11.1 Å². The van der Waals surface area contributed by atoms with E-state index in [1.54, 1.807) is 6.08 Å². The molecule has 0 spiro atoms. The predicted molar refractivity (Wildman–Crippen MR) is 96.4 cm³/mol. The quantitative estimate of drug-likeness (QED) is 0.455. The highest BCUT2D eigenvalue weighted by Crippen LogP contribution is 2.19. The molecule has 0 heterocycles. The minimum Gasteiger partial charge on any atom is -0.289 e. The van der Waals surface area contributed by atoms with Crippen LogP contribution in [0.4, 0.5) is 0 Å². The summed E-state index contributed by atoms with van der Waals surface area (Å²) in [7, 11) is 0. The maximum absolute atomic E-state index is 12.2. The number of allylic oxidation sites excluding steroid dienone is 1. The van der Waals surface area contributed by atoms with Crippen molar-refractivity contribution in [3.05, 3.63) is 102 Å². The molecule has 0 amide bonds. The van der Waals surface area contributed by atoms with Gasteiger partial charge in [-0.3, -0.25) is 4.79 Å². The summed E-state index contributed by atoms with van der Waals surface area (Å²) >= 11 is 0. The molecule has 0 N–H and O–H groups in total. The molecule has 112 valence electrons. The smallest absolute Gasteiger partial charge is 0.185 e. The molecule has 0 saturated heterocycles. The molecule has 0 fully saturated rings. The zero-order chi connectivity index (χ0) is 16.1. The van der Waals surface area contributed by atoms with Crippen molar-refractivity contribution in [2.45, 2.75) is 6.92 Å². The molecule has 0 aliphatic carbocycles. The van der Waals surface area contributed by atoms with Crippen molar-refractivity contribution >= 4 is 11.9 Å². The lowest BCUT2D eigenvalue weighted by Gasteiger charge is -2.02. The summed E-state index contributed by atoms with van der Waals surface area (Å²) in [5.41, 5.74) is 5.22. The number of carbonyl (C=O) groups excluding carboxylic acids is 1. The molecule has 0 bridgehead atoms. The van der Waals surface area contributed by atoms with Crippen LogP contribution in [0.2, 0.25) is 0 Å². The van der Waals surface area contributed by atoms with Gasteiger partial charge in [0.25, 0.3) is 0 Å². The second-order valence-corrected chi connectivity index (χ2v) is 5.55. The number of aryl methyl sites for hydroxylation is 1. The molecule has 0 saturated carbocycles. The number of carbonyl (C=O) groups is 1. The molecule has 0 radical (unpaired) electrons. The van der Waals surface area contributed by atoms with Crippen LogP contribution in [0, 0.1) is 6.92 Å². The van der Waals surface area contributed by atoms with Crippen molar-refractivity contribution in [1.29, 1.82) is 0 Å². The highest BCUT2D eigenvalue weighted by atomic mass is 16.1. The van der Waals surface area contributed by atoms with Crippen LogP contribution in [0.5, 0.6) is 0 Å². The standard InChI is InChI=1S/C22H18O/c1-17-7-9-18(10-8-17)11-16-22(23)21-14-12-20(13-15-21)19-5-3-2-4-6-19/h2-16H,1H3/b16-11-. The Morgan fingerprint density at radius 2 is 1.35 bits per heavy atom. The van der Waals surface area contributed by atoms with Gasteiger partial charge >= 0.3 is 0 Å². The summed E-state index contributed by atoms with van der Waals surface area (Å²) in [5, 5.41) is 0. The van der Waals surface area contributed by atoms with Crippen LogP contribution in [-0.4, -0.2) is 5.78 Å². The number of hydrogen-bond donors (Lipinski definition) is 0. The van der Waals surface area contributed by atoms with Gasteiger partial charge in [-0.05, 0) is 29.7 Å². The van der Waals surface area contributed by atoms with E-state index in [2.05, 4.69) is 12.1 Å². The Kier molecular flexibility index (Phi) is 4.49. The minimum absolute atomic E-state index is 0.0187. The Balaban J connectivity index is 1.74. The Labute approximate surface area is 136 Å². The van der Waals surface area contributed by atoms with E-state index in [1.165, 1.54) is 5.56 Å². The molecule has 3 aromatic carbocycles. The Morgan fingerprint density at radius 3 is 2.00 bits per heavy atom. The molecule has 1 nitrogen and oxygen atoms in total. The SMILES string of the molecule is Cc1ccc(/C=C\C(=O)c2ccc(-c3ccccc3)cc2)cc1. The van der Waals surface area contributed by atoms with Gasteiger partial charge in [0.1, 0.15) is 0 Å². The molecule has 0 atom stereocenters. The molecular formula is C22H18O. The summed E-state index contributed by atoms with van der Waals surface area (Å²) in [6, 6.07) is 26.0. The zero-order valence-corrected chi connectivity index (χ0v) is 13.1. The average molecular weight is 298 g/mol. The lowest BCUT2D eigenvalue weighted by Crippen LogP contribution is -1.93. The third-order valence-electron chi connectivity index (χ3n) is 3.78. The van der Waals surface area contributed by atoms with Gasteiger partial charge in [0, 0.05) is 5.56 Å².